The van der Waals surface area contributed by atoms with Crippen molar-refractivity contribution >= 4 is 5.96 Å². The fourth-order valence-electron chi connectivity index (χ4n) is 1.24. The van der Waals surface area contributed by atoms with E-state index < -0.39 is 0 Å². The highest BCUT2D eigenvalue weighted by atomic mass is 15.0. The molecule has 0 bridgehead atoms. The Morgan fingerprint density at radius 1 is 1.20 bits per heavy atom. The largest absolute Gasteiger partial charge is 0.370 e. The number of nitrogens with two attached hydrogens (primary N) is 1. The molecule has 1 aromatic rings. The van der Waals surface area contributed by atoms with Gasteiger partial charge in [0.25, 0.3) is 0 Å². The molecule has 5 N–H and O–H groups in total. The van der Waals surface area contributed by atoms with Crippen LogP contribution in [0.25, 0.3) is 0 Å². The molecular weight excluding hydrogens is 188 g/mol. The van der Waals surface area contributed by atoms with Crippen molar-refractivity contribution in [2.75, 3.05) is 6.54 Å². The summed E-state index contributed by atoms with van der Waals surface area (Å²) in [5.41, 5.74) is 7.60. The van der Waals surface area contributed by atoms with E-state index in [0.717, 1.165) is 18.7 Å². The molecule has 0 amide bonds. The van der Waals surface area contributed by atoms with Gasteiger partial charge >= 0.3 is 0 Å². The van der Waals surface area contributed by atoms with Gasteiger partial charge in [-0.15, -0.1) is 0 Å². The van der Waals surface area contributed by atoms with Gasteiger partial charge in [-0.05, 0) is 17.7 Å². The molecule has 1 aromatic carbocycles. The maximum Gasteiger partial charge on any atom is 0.185 e. The number of benzene rings is 1. The summed E-state index contributed by atoms with van der Waals surface area (Å²) in [6.45, 7) is 4.58. The summed E-state index contributed by atoms with van der Waals surface area (Å²) < 4.78 is 0. The zero-order valence-corrected chi connectivity index (χ0v) is 9.01. The normalized spacial score (nSPS) is 9.93. The molecule has 4 nitrogen and oxygen atoms in total. The first-order valence-electron chi connectivity index (χ1n) is 5.08. The van der Waals surface area contributed by atoms with Crippen LogP contribution in [0, 0.1) is 5.41 Å². The SMILES string of the molecule is CCNCc1ccc(CNC(=N)N)cc1. The molecule has 0 aliphatic heterocycles. The third-order valence-corrected chi connectivity index (χ3v) is 2.09. The predicted octanol–water partition coefficient (Wildman–Crippen LogP) is 0.779. The average Bonchev–Trinajstić information content (AvgIpc) is 2.25. The molecule has 82 valence electrons. The highest BCUT2D eigenvalue weighted by molar-refractivity contribution is 5.74. The Hall–Kier alpha value is -1.55. The van der Waals surface area contributed by atoms with E-state index >= 15 is 0 Å². The molecule has 0 radical (unpaired) electrons. The Morgan fingerprint density at radius 2 is 1.73 bits per heavy atom. The first kappa shape index (κ1) is 11.5. The van der Waals surface area contributed by atoms with Crippen LogP contribution in [0.4, 0.5) is 0 Å². The number of guanidine groups is 1. The van der Waals surface area contributed by atoms with Gasteiger partial charge < -0.3 is 16.4 Å². The first-order chi connectivity index (χ1) is 7.22. The summed E-state index contributed by atoms with van der Waals surface area (Å²) in [6.07, 6.45) is 0. The summed E-state index contributed by atoms with van der Waals surface area (Å²) >= 11 is 0. The standard InChI is InChI=1S/C11H18N4/c1-2-14-7-9-3-5-10(6-4-9)8-15-11(12)13/h3-6,14H,2,7-8H2,1H3,(H4,12,13,15). The first-order valence-corrected chi connectivity index (χ1v) is 5.08. The van der Waals surface area contributed by atoms with Gasteiger partial charge in [0.15, 0.2) is 5.96 Å². The van der Waals surface area contributed by atoms with E-state index in [4.69, 9.17) is 11.1 Å². The van der Waals surface area contributed by atoms with Gasteiger partial charge in [-0.1, -0.05) is 31.2 Å². The molecule has 0 atom stereocenters. The third kappa shape index (κ3) is 4.46. The smallest absolute Gasteiger partial charge is 0.185 e. The van der Waals surface area contributed by atoms with Crippen molar-refractivity contribution in [3.8, 4) is 0 Å². The Morgan fingerprint density at radius 3 is 2.20 bits per heavy atom. The number of hydrogen-bond donors (Lipinski definition) is 4. The molecule has 0 spiro atoms. The maximum atomic E-state index is 7.03. The van der Waals surface area contributed by atoms with E-state index in [1.165, 1.54) is 5.56 Å². The molecular formula is C11H18N4. The van der Waals surface area contributed by atoms with Crippen molar-refractivity contribution in [1.29, 1.82) is 5.41 Å². The van der Waals surface area contributed by atoms with Crippen LogP contribution in [-0.4, -0.2) is 12.5 Å². The molecule has 0 saturated carbocycles. The minimum atomic E-state index is 0.00623. The van der Waals surface area contributed by atoms with Crippen molar-refractivity contribution < 1.29 is 0 Å². The third-order valence-electron chi connectivity index (χ3n) is 2.09. The summed E-state index contributed by atoms with van der Waals surface area (Å²) in [5.74, 6) is 0.00623. The van der Waals surface area contributed by atoms with Crippen LogP contribution in [0.5, 0.6) is 0 Å². The number of hydrogen-bond acceptors (Lipinski definition) is 2. The fourth-order valence-corrected chi connectivity index (χ4v) is 1.24. The molecule has 0 fully saturated rings. The second-order valence-electron chi connectivity index (χ2n) is 3.36. The molecule has 0 heterocycles. The minimum Gasteiger partial charge on any atom is -0.370 e. The van der Waals surface area contributed by atoms with Crippen LogP contribution in [0.3, 0.4) is 0 Å². The van der Waals surface area contributed by atoms with Crippen LogP contribution in [0.1, 0.15) is 18.1 Å². The van der Waals surface area contributed by atoms with Crippen molar-refractivity contribution in [2.24, 2.45) is 5.73 Å². The lowest BCUT2D eigenvalue weighted by atomic mass is 10.1. The number of rotatable bonds is 5. The van der Waals surface area contributed by atoms with E-state index in [2.05, 4.69) is 29.7 Å². The second-order valence-corrected chi connectivity index (χ2v) is 3.36. The second kappa shape index (κ2) is 6.03. The summed E-state index contributed by atoms with van der Waals surface area (Å²) in [6, 6.07) is 8.25. The van der Waals surface area contributed by atoms with E-state index in [1.807, 2.05) is 12.1 Å². The lowest BCUT2D eigenvalue weighted by Crippen LogP contribution is -2.29. The monoisotopic (exact) mass is 206 g/mol. The lowest BCUT2D eigenvalue weighted by Gasteiger charge is -2.06. The van der Waals surface area contributed by atoms with Gasteiger partial charge in [-0.3, -0.25) is 5.41 Å². The van der Waals surface area contributed by atoms with E-state index in [0.29, 0.717) is 6.54 Å². The Balaban J connectivity index is 2.45. The molecule has 0 saturated heterocycles. The fraction of sp³-hybridized carbons (Fsp3) is 0.364. The summed E-state index contributed by atoms with van der Waals surface area (Å²) in [7, 11) is 0. The van der Waals surface area contributed by atoms with Crippen LogP contribution >= 0.6 is 0 Å². The number of nitrogens with one attached hydrogen (secondary N) is 3. The van der Waals surface area contributed by atoms with Crippen molar-refractivity contribution in [3.05, 3.63) is 35.4 Å². The molecule has 0 aromatic heterocycles. The molecule has 0 unspecified atom stereocenters. The predicted molar refractivity (Wildman–Crippen MR) is 62.6 cm³/mol. The lowest BCUT2D eigenvalue weighted by molar-refractivity contribution is 0.726. The summed E-state index contributed by atoms with van der Waals surface area (Å²) in [5, 5.41) is 13.1. The average molecular weight is 206 g/mol. The zero-order chi connectivity index (χ0) is 11.1. The van der Waals surface area contributed by atoms with Gasteiger partial charge in [-0.25, -0.2) is 0 Å². The van der Waals surface area contributed by atoms with Gasteiger partial charge in [0, 0.05) is 13.1 Å². The van der Waals surface area contributed by atoms with E-state index in [9.17, 15) is 0 Å². The van der Waals surface area contributed by atoms with Crippen LogP contribution in [0.2, 0.25) is 0 Å². The van der Waals surface area contributed by atoms with Gasteiger partial charge in [-0.2, -0.15) is 0 Å². The van der Waals surface area contributed by atoms with Gasteiger partial charge in [0.2, 0.25) is 0 Å². The van der Waals surface area contributed by atoms with Crippen LogP contribution in [-0.2, 0) is 13.1 Å². The van der Waals surface area contributed by atoms with Crippen molar-refractivity contribution in [3.63, 3.8) is 0 Å². The van der Waals surface area contributed by atoms with Crippen LogP contribution in [0.15, 0.2) is 24.3 Å². The van der Waals surface area contributed by atoms with Crippen LogP contribution < -0.4 is 16.4 Å². The topological polar surface area (TPSA) is 73.9 Å². The minimum absolute atomic E-state index is 0.00623. The van der Waals surface area contributed by atoms with Crippen molar-refractivity contribution in [2.45, 2.75) is 20.0 Å². The van der Waals surface area contributed by atoms with E-state index in [-0.39, 0.29) is 5.96 Å². The molecule has 4 heteroatoms. The molecule has 0 aliphatic carbocycles. The van der Waals surface area contributed by atoms with E-state index in [1.54, 1.807) is 0 Å². The molecule has 1 rings (SSSR count). The Kier molecular flexibility index (Phi) is 4.63. The maximum absolute atomic E-state index is 7.03. The Bertz CT molecular complexity index is 305. The highest BCUT2D eigenvalue weighted by Gasteiger charge is 1.94. The molecule has 0 aliphatic rings. The summed E-state index contributed by atoms with van der Waals surface area (Å²) in [4.78, 5) is 0. The molecule has 15 heavy (non-hydrogen) atoms. The zero-order valence-electron chi connectivity index (χ0n) is 9.01. The van der Waals surface area contributed by atoms with Crippen molar-refractivity contribution in [1.82, 2.24) is 10.6 Å². The van der Waals surface area contributed by atoms with Gasteiger partial charge in [0.05, 0.1) is 0 Å². The highest BCUT2D eigenvalue weighted by Crippen LogP contribution is 2.03. The van der Waals surface area contributed by atoms with Gasteiger partial charge in [0.1, 0.15) is 0 Å². The Labute approximate surface area is 90.4 Å². The quantitative estimate of drug-likeness (QED) is 0.425.